The van der Waals surface area contributed by atoms with E-state index < -0.39 is 20.2 Å². The lowest BCUT2D eigenvalue weighted by atomic mass is 10.1. The number of aryl methyl sites for hydroxylation is 4. The second kappa shape index (κ2) is 30.0. The maximum absolute atomic E-state index is 9.08. The summed E-state index contributed by atoms with van der Waals surface area (Å²) in [5.41, 5.74) is 2.97. The molecule has 2 aromatic heterocycles. The smallest absolute Gasteiger partial charge is 0.181 e. The van der Waals surface area contributed by atoms with E-state index in [1.165, 1.54) is 153 Å². The zero-order valence-electron chi connectivity index (χ0n) is 30.7. The van der Waals surface area contributed by atoms with Gasteiger partial charge in [-0.3, -0.25) is 0 Å². The van der Waals surface area contributed by atoms with Crippen LogP contribution in [0.3, 0.4) is 0 Å². The van der Waals surface area contributed by atoms with Crippen LogP contribution in [0.25, 0.3) is 0 Å². The van der Waals surface area contributed by atoms with Crippen molar-refractivity contribution >= 4 is 20.2 Å². The average molecular weight is 713 g/mol. The maximum Gasteiger partial charge on any atom is 0.181 e. The molecule has 0 aromatic carbocycles. The number of aromatic nitrogens is 2. The van der Waals surface area contributed by atoms with Crippen LogP contribution in [0, 0.1) is 0 Å². The first-order chi connectivity index (χ1) is 22.8. The molecule has 0 saturated carbocycles. The highest BCUT2D eigenvalue weighted by atomic mass is 32.2. The third-order valence-corrected chi connectivity index (χ3v) is 8.21. The van der Waals surface area contributed by atoms with Gasteiger partial charge < -0.3 is 9.11 Å². The molecule has 2 heterocycles. The van der Waals surface area contributed by atoms with Crippen molar-refractivity contribution in [2.75, 3.05) is 12.5 Å². The Balaban J connectivity index is 0.00000192. The predicted octanol–water partition coefficient (Wildman–Crippen LogP) is 8.21. The van der Waals surface area contributed by atoms with Gasteiger partial charge in [-0.25, -0.2) is 26.0 Å². The van der Waals surface area contributed by atoms with E-state index in [4.69, 9.17) is 25.9 Å². The van der Waals surface area contributed by atoms with Gasteiger partial charge in [0.2, 0.25) is 0 Å². The largest absolute Gasteiger partial charge is 0.748 e. The van der Waals surface area contributed by atoms with Crippen molar-refractivity contribution in [2.24, 2.45) is 0 Å². The number of rotatable bonds is 25. The van der Waals surface area contributed by atoms with Crippen molar-refractivity contribution < 1.29 is 35.1 Å². The first kappa shape index (κ1) is 46.1. The van der Waals surface area contributed by atoms with Crippen LogP contribution < -0.4 is 9.13 Å². The summed E-state index contributed by atoms with van der Waals surface area (Å²) in [6.45, 7) is 6.93. The minimum absolute atomic E-state index is 0.604. The van der Waals surface area contributed by atoms with Crippen LogP contribution >= 0.6 is 0 Å². The number of hydrogen-bond donors (Lipinski definition) is 0. The molecule has 0 fully saturated rings. The number of hydrogen-bond acceptors (Lipinski definition) is 6. The summed E-state index contributed by atoms with van der Waals surface area (Å²) in [4.78, 5) is 0. The molecule has 0 aliphatic heterocycles. The molecule has 0 bridgehead atoms. The quantitative estimate of drug-likeness (QED) is 0.0581. The molecule has 0 saturated heterocycles. The van der Waals surface area contributed by atoms with Gasteiger partial charge >= 0.3 is 0 Å². The maximum atomic E-state index is 9.08. The standard InChI is InChI=1S/C36H62N2.2CH4O3S/c1-3-5-7-9-11-13-15-17-19-23-31-37-33-25-21-27-35(37)29-30-36-28-22-26-34-38(36)32-24-20-18-16-14-12-10-8-6-4-2;2*1-5(2,3)4/h21-22,25-28,33-34H,3-20,23-24,29-32H2,1-2H3;2*1H3,(H,2,3,4)/q+2;;/p-2. The van der Waals surface area contributed by atoms with Gasteiger partial charge in [0.05, 0.1) is 20.2 Å². The van der Waals surface area contributed by atoms with Gasteiger partial charge in [0.1, 0.15) is 13.1 Å². The molecule has 0 aliphatic carbocycles. The predicted molar refractivity (Wildman–Crippen MR) is 196 cm³/mol. The molecule has 0 spiro atoms. The lowest BCUT2D eigenvalue weighted by Gasteiger charge is -2.06. The van der Waals surface area contributed by atoms with Crippen molar-refractivity contribution in [1.29, 1.82) is 0 Å². The van der Waals surface area contributed by atoms with Crippen LogP contribution in [0.5, 0.6) is 0 Å². The summed E-state index contributed by atoms with van der Waals surface area (Å²) >= 11 is 0. The number of unbranched alkanes of at least 4 members (excludes halogenated alkanes) is 18. The topological polar surface area (TPSA) is 122 Å². The number of nitrogens with zero attached hydrogens (tertiary/aromatic N) is 2. The monoisotopic (exact) mass is 712 g/mol. The highest BCUT2D eigenvalue weighted by Crippen LogP contribution is 2.12. The van der Waals surface area contributed by atoms with E-state index in [9.17, 15) is 0 Å². The Labute approximate surface area is 295 Å². The first-order valence-corrected chi connectivity index (χ1v) is 22.2. The Morgan fingerprint density at radius 2 is 0.708 bits per heavy atom. The van der Waals surface area contributed by atoms with Gasteiger partial charge in [-0.05, 0) is 12.8 Å². The van der Waals surface area contributed by atoms with Crippen molar-refractivity contribution in [3.8, 4) is 0 Å². The van der Waals surface area contributed by atoms with E-state index in [1.807, 2.05) is 0 Å². The highest BCUT2D eigenvalue weighted by molar-refractivity contribution is 7.85. The summed E-state index contributed by atoms with van der Waals surface area (Å²) in [5.74, 6) is 0. The van der Waals surface area contributed by atoms with Gasteiger partial charge in [-0.1, -0.05) is 129 Å². The molecule has 0 aliphatic rings. The average Bonchev–Trinajstić information content (AvgIpc) is 3.01. The molecule has 278 valence electrons. The lowest BCUT2D eigenvalue weighted by Crippen LogP contribution is -2.40. The normalized spacial score (nSPS) is 11.4. The summed E-state index contributed by atoms with van der Waals surface area (Å²) in [7, 11) is -7.83. The van der Waals surface area contributed by atoms with Crippen LogP contribution in [0.4, 0.5) is 0 Å². The Morgan fingerprint density at radius 1 is 0.458 bits per heavy atom. The molecule has 0 unspecified atom stereocenters. The van der Waals surface area contributed by atoms with E-state index in [0.717, 1.165) is 12.8 Å². The Kier molecular flexibility index (Phi) is 28.8. The molecule has 48 heavy (non-hydrogen) atoms. The summed E-state index contributed by atoms with van der Waals surface area (Å²) in [5, 5.41) is 0. The van der Waals surface area contributed by atoms with Crippen LogP contribution in [0.1, 0.15) is 154 Å². The number of pyridine rings is 2. The lowest BCUT2D eigenvalue weighted by molar-refractivity contribution is -0.709. The summed E-state index contributed by atoms with van der Waals surface area (Å²) in [6.07, 6.45) is 36.1. The molecule has 0 atom stereocenters. The second-order valence-corrected chi connectivity index (χ2v) is 15.9. The molecule has 8 nitrogen and oxygen atoms in total. The summed E-state index contributed by atoms with van der Waals surface area (Å²) < 4.78 is 59.5. The molecule has 0 N–H and O–H groups in total. The molecular weight excluding hydrogens is 645 g/mol. The van der Waals surface area contributed by atoms with Crippen molar-refractivity contribution in [3.63, 3.8) is 0 Å². The van der Waals surface area contributed by atoms with Gasteiger partial charge in [-0.15, -0.1) is 0 Å². The van der Waals surface area contributed by atoms with Gasteiger partial charge in [-0.2, -0.15) is 0 Å². The zero-order chi connectivity index (χ0) is 35.9. The Bertz CT molecular complexity index is 1140. The van der Waals surface area contributed by atoms with Crippen LogP contribution in [-0.4, -0.2) is 38.5 Å². The Morgan fingerprint density at radius 3 is 0.979 bits per heavy atom. The molecular formula is C38H68N2O6S2. The molecule has 10 heteroatoms. The second-order valence-electron chi connectivity index (χ2n) is 13.0. The fourth-order valence-electron chi connectivity index (χ4n) is 5.71. The molecule has 0 radical (unpaired) electrons. The van der Waals surface area contributed by atoms with Gasteiger partial charge in [0.15, 0.2) is 23.8 Å². The first-order valence-electron chi connectivity index (χ1n) is 18.6. The van der Waals surface area contributed by atoms with Gasteiger partial charge in [0.25, 0.3) is 0 Å². The fourth-order valence-corrected chi connectivity index (χ4v) is 5.71. The SMILES string of the molecule is CCCCCCCCCCCC[n+]1ccccc1CCc1cccc[n+]1CCCCCCCCCCCC.CS(=O)(=O)[O-].CS(=O)(=O)[O-]. The molecule has 2 aromatic rings. The van der Waals surface area contributed by atoms with Crippen LogP contribution in [0.15, 0.2) is 48.8 Å². The van der Waals surface area contributed by atoms with Crippen LogP contribution in [0.2, 0.25) is 0 Å². The minimum atomic E-state index is -3.92. The third kappa shape index (κ3) is 34.0. The van der Waals surface area contributed by atoms with Crippen molar-refractivity contribution in [1.82, 2.24) is 0 Å². The van der Waals surface area contributed by atoms with E-state index in [2.05, 4.69) is 71.8 Å². The Hall–Kier alpha value is -1.88. The van der Waals surface area contributed by atoms with E-state index >= 15 is 0 Å². The zero-order valence-corrected chi connectivity index (χ0v) is 32.4. The van der Waals surface area contributed by atoms with E-state index in [1.54, 1.807) is 0 Å². The van der Waals surface area contributed by atoms with Crippen molar-refractivity contribution in [2.45, 2.75) is 168 Å². The van der Waals surface area contributed by atoms with E-state index in [0.29, 0.717) is 12.5 Å². The van der Waals surface area contributed by atoms with Gasteiger partial charge in [0, 0.05) is 62.5 Å². The third-order valence-electron chi connectivity index (χ3n) is 8.21. The molecule has 2 rings (SSSR count). The van der Waals surface area contributed by atoms with Crippen molar-refractivity contribution in [3.05, 3.63) is 60.2 Å². The fraction of sp³-hybridized carbons (Fsp3) is 0.737. The van der Waals surface area contributed by atoms with Crippen LogP contribution in [-0.2, 0) is 46.2 Å². The van der Waals surface area contributed by atoms with E-state index in [-0.39, 0.29) is 0 Å². The minimum Gasteiger partial charge on any atom is -0.748 e. The highest BCUT2D eigenvalue weighted by Gasteiger charge is 2.14. The summed E-state index contributed by atoms with van der Waals surface area (Å²) in [6, 6.07) is 13.5. The molecule has 0 amide bonds.